The molecule has 4 aromatic rings. The van der Waals surface area contributed by atoms with Crippen LogP contribution in [0.15, 0.2) is 78.9 Å². The summed E-state index contributed by atoms with van der Waals surface area (Å²) in [5, 5.41) is 36.1. The van der Waals surface area contributed by atoms with Crippen molar-refractivity contribution >= 4 is 17.6 Å². The maximum Gasteiger partial charge on any atom is 0.327 e. The average Bonchev–Trinajstić information content (AvgIpc) is 3.39. The molecule has 2 atom stereocenters. The summed E-state index contributed by atoms with van der Waals surface area (Å²) in [5.41, 5.74) is 2.91. The van der Waals surface area contributed by atoms with E-state index in [1.54, 1.807) is 13.0 Å². The first kappa shape index (κ1) is 27.1. The highest BCUT2D eigenvalue weighted by atomic mass is 16.6. The van der Waals surface area contributed by atoms with Crippen molar-refractivity contribution in [3.05, 3.63) is 106 Å². The number of esters is 1. The minimum Gasteiger partial charge on any atom is -0.481 e. The fourth-order valence-corrected chi connectivity index (χ4v) is 4.18. The Labute approximate surface area is 223 Å². The molecule has 200 valence electrons. The van der Waals surface area contributed by atoms with Gasteiger partial charge < -0.3 is 9.84 Å². The highest BCUT2D eigenvalue weighted by Gasteiger charge is 2.28. The minimum atomic E-state index is -1.11. The van der Waals surface area contributed by atoms with Gasteiger partial charge in [-0.2, -0.15) is 0 Å². The fourth-order valence-electron chi connectivity index (χ4n) is 4.18. The molecule has 12 nitrogen and oxygen atoms in total. The van der Waals surface area contributed by atoms with Gasteiger partial charge in [-0.05, 0) is 39.6 Å². The van der Waals surface area contributed by atoms with Gasteiger partial charge in [-0.25, -0.2) is 4.68 Å². The Balaban J connectivity index is 1.75. The Hall–Kier alpha value is -4.97. The first-order valence-electron chi connectivity index (χ1n) is 12.1. The number of carboxylic acids is 1. The van der Waals surface area contributed by atoms with E-state index in [1.807, 2.05) is 54.6 Å². The monoisotopic (exact) mass is 530 g/mol. The number of nitro groups is 1. The number of hydrogen-bond acceptors (Lipinski definition) is 9. The topological polar surface area (TPSA) is 162 Å². The number of nitrogens with zero attached hydrogens (tertiary/aromatic N) is 5. The number of benzene rings is 3. The van der Waals surface area contributed by atoms with Crippen LogP contribution in [0.25, 0.3) is 11.1 Å². The van der Waals surface area contributed by atoms with Crippen LogP contribution in [0, 0.1) is 10.1 Å². The number of hydrogen-bond donors (Lipinski definition) is 2. The molecule has 2 N–H and O–H groups in total. The molecule has 1 aromatic heterocycles. The zero-order valence-electron chi connectivity index (χ0n) is 21.0. The highest BCUT2D eigenvalue weighted by Crippen LogP contribution is 2.30. The second-order valence-corrected chi connectivity index (χ2v) is 8.59. The van der Waals surface area contributed by atoms with Crippen molar-refractivity contribution in [1.29, 1.82) is 0 Å². The number of rotatable bonds is 12. The molecule has 0 saturated heterocycles. The molecule has 12 heteroatoms. The number of aromatic nitrogens is 4. The van der Waals surface area contributed by atoms with E-state index >= 15 is 0 Å². The van der Waals surface area contributed by atoms with Crippen LogP contribution in [-0.2, 0) is 20.9 Å². The largest absolute Gasteiger partial charge is 0.481 e. The molecule has 0 aliphatic heterocycles. The standard InChI is InChI=1S/C27H26N6O6/c1-2-39-25(36)17-32-27(29-30-31-32)26(20-13-11-19(12-14-20)18-7-4-3-5-8-18)28-23(16-24(34)35)21-9-6-10-22(15-21)33(37)38/h3-15,23,26,28H,2,16-17H2,1H3,(H,34,35). The van der Waals surface area contributed by atoms with Crippen molar-refractivity contribution in [3.8, 4) is 11.1 Å². The van der Waals surface area contributed by atoms with Crippen LogP contribution in [0.4, 0.5) is 5.69 Å². The zero-order valence-corrected chi connectivity index (χ0v) is 21.0. The van der Waals surface area contributed by atoms with E-state index in [1.165, 1.54) is 22.9 Å². The summed E-state index contributed by atoms with van der Waals surface area (Å²) < 4.78 is 6.33. The zero-order chi connectivity index (χ0) is 27.8. The van der Waals surface area contributed by atoms with Crippen molar-refractivity contribution < 1.29 is 24.4 Å². The highest BCUT2D eigenvalue weighted by molar-refractivity contribution is 5.69. The number of nitro benzene ring substituents is 1. The molecule has 0 fully saturated rings. The Bertz CT molecular complexity index is 1440. The lowest BCUT2D eigenvalue weighted by Crippen LogP contribution is -2.32. The van der Waals surface area contributed by atoms with Gasteiger partial charge in [0.2, 0.25) is 0 Å². The quantitative estimate of drug-likeness (QED) is 0.157. The van der Waals surface area contributed by atoms with Gasteiger partial charge in [0.05, 0.1) is 24.0 Å². The van der Waals surface area contributed by atoms with Crippen molar-refractivity contribution in [1.82, 2.24) is 25.5 Å². The number of ether oxygens (including phenoxy) is 1. The molecule has 0 spiro atoms. The fraction of sp³-hybridized carbons (Fsp3) is 0.222. The lowest BCUT2D eigenvalue weighted by molar-refractivity contribution is -0.384. The van der Waals surface area contributed by atoms with E-state index in [0.29, 0.717) is 11.1 Å². The van der Waals surface area contributed by atoms with Gasteiger partial charge in [-0.15, -0.1) is 5.10 Å². The van der Waals surface area contributed by atoms with Crippen LogP contribution in [-0.4, -0.2) is 48.8 Å². The number of non-ortho nitro benzene ring substituents is 1. The molecule has 0 aliphatic rings. The third-order valence-corrected chi connectivity index (χ3v) is 5.98. The van der Waals surface area contributed by atoms with Crippen molar-refractivity contribution in [3.63, 3.8) is 0 Å². The Morgan fingerprint density at radius 2 is 1.74 bits per heavy atom. The molecule has 0 amide bonds. The van der Waals surface area contributed by atoms with Gasteiger partial charge >= 0.3 is 11.9 Å². The molecule has 0 bridgehead atoms. The summed E-state index contributed by atoms with van der Waals surface area (Å²) in [6.45, 7) is 1.62. The molecule has 0 radical (unpaired) electrons. The van der Waals surface area contributed by atoms with E-state index in [-0.39, 0.29) is 31.1 Å². The predicted octanol–water partition coefficient (Wildman–Crippen LogP) is 3.71. The molecule has 1 heterocycles. The molecule has 3 aromatic carbocycles. The Kier molecular flexibility index (Phi) is 8.69. The molecule has 0 aliphatic carbocycles. The van der Waals surface area contributed by atoms with Crippen LogP contribution in [0.5, 0.6) is 0 Å². The normalized spacial score (nSPS) is 12.4. The summed E-state index contributed by atoms with van der Waals surface area (Å²) in [6, 6.07) is 21.5. The SMILES string of the molecule is CCOC(=O)Cn1nnnc1C(NC(CC(=O)O)c1cccc([N+](=O)[O-])c1)c1ccc(-c2ccccc2)cc1. The number of carboxylic acid groups (broad SMARTS) is 1. The van der Waals surface area contributed by atoms with E-state index in [9.17, 15) is 24.8 Å². The number of carbonyl (C=O) groups excluding carboxylic acids is 1. The predicted molar refractivity (Wildman–Crippen MR) is 139 cm³/mol. The van der Waals surface area contributed by atoms with Gasteiger partial charge in [0.25, 0.3) is 5.69 Å². The number of aliphatic carboxylic acids is 1. The van der Waals surface area contributed by atoms with Crippen LogP contribution in [0.2, 0.25) is 0 Å². The molecule has 4 rings (SSSR count). The number of tetrazole rings is 1. The van der Waals surface area contributed by atoms with Crippen molar-refractivity contribution in [2.75, 3.05) is 6.61 Å². The van der Waals surface area contributed by atoms with Crippen LogP contribution in [0.3, 0.4) is 0 Å². The number of nitrogens with one attached hydrogen (secondary N) is 1. The van der Waals surface area contributed by atoms with Crippen molar-refractivity contribution in [2.24, 2.45) is 0 Å². The molecule has 2 unspecified atom stereocenters. The second kappa shape index (κ2) is 12.5. The van der Waals surface area contributed by atoms with Crippen LogP contribution < -0.4 is 5.32 Å². The van der Waals surface area contributed by atoms with Gasteiger partial charge in [-0.3, -0.25) is 25.0 Å². The van der Waals surface area contributed by atoms with E-state index in [0.717, 1.165) is 11.1 Å². The molecular formula is C27H26N6O6. The van der Waals surface area contributed by atoms with Gasteiger partial charge in [0, 0.05) is 18.2 Å². The summed E-state index contributed by atoms with van der Waals surface area (Å²) in [5.74, 6) is -1.40. The summed E-state index contributed by atoms with van der Waals surface area (Å²) >= 11 is 0. The van der Waals surface area contributed by atoms with E-state index in [4.69, 9.17) is 4.74 Å². The van der Waals surface area contributed by atoms with Gasteiger partial charge in [0.1, 0.15) is 6.54 Å². The van der Waals surface area contributed by atoms with Crippen LogP contribution >= 0.6 is 0 Å². The second-order valence-electron chi connectivity index (χ2n) is 8.59. The molecule has 39 heavy (non-hydrogen) atoms. The lowest BCUT2D eigenvalue weighted by Gasteiger charge is -2.25. The Morgan fingerprint density at radius 3 is 2.41 bits per heavy atom. The number of carbonyl (C=O) groups is 2. The van der Waals surface area contributed by atoms with Gasteiger partial charge in [0.15, 0.2) is 5.82 Å². The maximum absolute atomic E-state index is 12.2. The average molecular weight is 531 g/mol. The summed E-state index contributed by atoms with van der Waals surface area (Å²) in [6.07, 6.45) is -0.376. The third-order valence-electron chi connectivity index (χ3n) is 5.98. The molecule has 0 saturated carbocycles. The Morgan fingerprint density at radius 1 is 1.03 bits per heavy atom. The van der Waals surface area contributed by atoms with E-state index < -0.39 is 28.9 Å². The first-order chi connectivity index (χ1) is 18.9. The lowest BCUT2D eigenvalue weighted by atomic mass is 9.97. The van der Waals surface area contributed by atoms with Crippen LogP contribution in [0.1, 0.15) is 42.4 Å². The minimum absolute atomic E-state index is 0.166. The maximum atomic E-state index is 12.2. The van der Waals surface area contributed by atoms with E-state index in [2.05, 4.69) is 20.8 Å². The van der Waals surface area contributed by atoms with Gasteiger partial charge in [-0.1, -0.05) is 66.7 Å². The smallest absolute Gasteiger partial charge is 0.327 e. The van der Waals surface area contributed by atoms with Crippen molar-refractivity contribution in [2.45, 2.75) is 32.0 Å². The summed E-state index contributed by atoms with van der Waals surface area (Å²) in [7, 11) is 0. The third kappa shape index (κ3) is 6.87. The molecular weight excluding hydrogens is 504 g/mol. The summed E-state index contributed by atoms with van der Waals surface area (Å²) in [4.78, 5) is 34.9. The first-order valence-corrected chi connectivity index (χ1v) is 12.1.